The van der Waals surface area contributed by atoms with Gasteiger partial charge in [0.1, 0.15) is 41.1 Å². The average molecular weight is 1200 g/mol. The molecule has 86 heavy (non-hydrogen) atoms. The lowest BCUT2D eigenvalue weighted by atomic mass is 10.1. The summed E-state index contributed by atoms with van der Waals surface area (Å²) >= 11 is 0. The van der Waals surface area contributed by atoms with E-state index in [1.54, 1.807) is 0 Å². The van der Waals surface area contributed by atoms with E-state index in [1.165, 1.54) is 101 Å². The average Bonchev–Trinajstić information content (AvgIpc) is 1.98. The molecular formula is C54H73N19O13. The van der Waals surface area contributed by atoms with Gasteiger partial charge in [0.25, 0.3) is 23.6 Å². The number of nitrogens with two attached hydrogens (primary N) is 9. The third-order valence-electron chi connectivity index (χ3n) is 12.3. The fraction of sp³-hybridized carbons (Fsp3) is 0.333. The van der Waals surface area contributed by atoms with Crippen molar-refractivity contribution < 1.29 is 62.1 Å². The molecule has 0 aliphatic rings. The van der Waals surface area contributed by atoms with Crippen molar-refractivity contribution in [1.29, 1.82) is 0 Å². The standard InChI is InChI=1S/C54H73N19O13/c1-83-39-15-11-27(22-31(39)44(57)75)68-49(80)36(8-5-19-64-52(58)59)71-46(77)33-24-29(13-17-41(33)85-3)70-51(82)38(10-7-21-66-54(62)63)73-47(78)34-25-30(14-18-42(34)86-4)69-50(81)37(9-6-20-65-53(60)61)72-45(76)32-23-28(12-16-40(32)84-2)67-48(79)35(55)26-43(56)74/h11-18,22-25,35-38H,5-10,19-21,26,55H2,1-4H3,(H2,56,74)(H2,57,75)(H,67,79)(H,68,80)(H,69,81)(H,70,82)(H,71,77)(H,72,76)(H,73,78)(H4,58,59,64)(H4,60,61,65)(H4,62,63,66)/t35-,36-,37-,38-/m1/s1. The number of anilines is 4. The summed E-state index contributed by atoms with van der Waals surface area (Å²) in [4.78, 5) is 133. The van der Waals surface area contributed by atoms with Crippen molar-refractivity contribution in [3.63, 3.8) is 0 Å². The molecule has 4 aromatic rings. The molecule has 9 amide bonds. The molecule has 4 aromatic carbocycles. The summed E-state index contributed by atoms with van der Waals surface area (Å²) in [7, 11) is 5.23. The Morgan fingerprint density at radius 1 is 0.407 bits per heavy atom. The van der Waals surface area contributed by atoms with E-state index in [0.29, 0.717) is 0 Å². The van der Waals surface area contributed by atoms with E-state index in [4.69, 9.17) is 70.6 Å². The number of benzene rings is 4. The highest BCUT2D eigenvalue weighted by molar-refractivity contribution is 6.08. The number of methoxy groups -OCH3 is 4. The molecule has 0 saturated heterocycles. The summed E-state index contributed by atoms with van der Waals surface area (Å²) in [6, 6.07) is 11.3. The lowest BCUT2D eigenvalue weighted by molar-refractivity contribution is -0.123. The Hall–Kier alpha value is -10.9. The first-order valence-corrected chi connectivity index (χ1v) is 26.3. The molecule has 32 nitrogen and oxygen atoms in total. The monoisotopic (exact) mass is 1200 g/mol. The van der Waals surface area contributed by atoms with Crippen molar-refractivity contribution in [2.45, 2.75) is 69.1 Å². The summed E-state index contributed by atoms with van der Waals surface area (Å²) in [5, 5.41) is 18.6. The maximum absolute atomic E-state index is 14.3. The van der Waals surface area contributed by atoms with Crippen LogP contribution in [-0.4, -0.2) is 143 Å². The number of guanidine groups is 3. The second-order valence-electron chi connectivity index (χ2n) is 18.7. The van der Waals surface area contributed by atoms with Gasteiger partial charge in [-0.3, -0.25) is 58.1 Å². The number of amides is 9. The Kier molecular flexibility index (Phi) is 26.1. The van der Waals surface area contributed by atoms with Crippen molar-refractivity contribution in [3.8, 4) is 23.0 Å². The highest BCUT2D eigenvalue weighted by Crippen LogP contribution is 2.28. The number of carbonyl (C=O) groups is 9. The van der Waals surface area contributed by atoms with Gasteiger partial charge in [0, 0.05) is 42.4 Å². The van der Waals surface area contributed by atoms with Gasteiger partial charge in [-0.2, -0.15) is 0 Å². The lowest BCUT2D eigenvalue weighted by Crippen LogP contribution is -2.44. The summed E-state index contributed by atoms with van der Waals surface area (Å²) in [6.45, 7) is 0.225. The quantitative estimate of drug-likeness (QED) is 0.0144. The fourth-order valence-electron chi connectivity index (χ4n) is 8.13. The molecule has 0 unspecified atom stereocenters. The molecule has 0 spiro atoms. The van der Waals surface area contributed by atoms with E-state index in [9.17, 15) is 43.2 Å². The summed E-state index contributed by atoms with van der Waals surface area (Å²) in [6.07, 6.45) is 0.0753. The third-order valence-corrected chi connectivity index (χ3v) is 12.3. The SMILES string of the molecule is COc1ccc(NC(=O)[C@@H](CCCN=C(N)N)NC(=O)c2cc(NC(=O)[C@@H](CCCN=C(N)N)NC(=O)c3cc(NC(=O)[C@@H](CCCN=C(N)N)NC(=O)c4cc(NC(=O)[C@H](N)CC(N)=O)ccc4OC)ccc3OC)ccc2OC)cc1C(N)=O. The molecule has 0 aliphatic heterocycles. The van der Waals surface area contributed by atoms with Gasteiger partial charge in [-0.25, -0.2) is 0 Å². The highest BCUT2D eigenvalue weighted by atomic mass is 16.5. The number of hydrogen-bond donors (Lipinski definition) is 16. The lowest BCUT2D eigenvalue weighted by Gasteiger charge is -2.21. The van der Waals surface area contributed by atoms with E-state index < -0.39 is 83.8 Å². The molecule has 4 rings (SSSR count). The first kappa shape index (κ1) is 67.6. The van der Waals surface area contributed by atoms with Crippen LogP contribution in [0.25, 0.3) is 0 Å². The van der Waals surface area contributed by atoms with Crippen LogP contribution in [0.1, 0.15) is 86.4 Å². The van der Waals surface area contributed by atoms with Gasteiger partial charge < -0.3 is 108 Å². The normalized spacial score (nSPS) is 11.9. The Morgan fingerprint density at radius 3 is 0.930 bits per heavy atom. The molecule has 462 valence electrons. The van der Waals surface area contributed by atoms with Crippen LogP contribution >= 0.6 is 0 Å². The van der Waals surface area contributed by atoms with Gasteiger partial charge >= 0.3 is 0 Å². The molecule has 0 fully saturated rings. The van der Waals surface area contributed by atoms with E-state index in [2.05, 4.69) is 52.2 Å². The van der Waals surface area contributed by atoms with Crippen LogP contribution in [0.4, 0.5) is 22.7 Å². The Balaban J connectivity index is 1.62. The van der Waals surface area contributed by atoms with Crippen molar-refractivity contribution in [2.75, 3.05) is 69.3 Å². The van der Waals surface area contributed by atoms with Crippen LogP contribution in [0.5, 0.6) is 23.0 Å². The number of aliphatic imine (C=N–C) groups is 3. The molecule has 0 saturated carbocycles. The highest BCUT2D eigenvalue weighted by Gasteiger charge is 2.29. The number of nitrogens with one attached hydrogen (secondary N) is 7. The van der Waals surface area contributed by atoms with Gasteiger partial charge in [0.15, 0.2) is 17.9 Å². The second-order valence-corrected chi connectivity index (χ2v) is 18.7. The number of nitrogens with zero attached hydrogens (tertiary/aromatic N) is 3. The van der Waals surface area contributed by atoms with Gasteiger partial charge in [0.05, 0.1) is 63.2 Å². The molecule has 0 aliphatic carbocycles. The van der Waals surface area contributed by atoms with E-state index in [0.717, 1.165) is 0 Å². The summed E-state index contributed by atoms with van der Waals surface area (Å²) in [5.74, 6) is -7.43. The van der Waals surface area contributed by atoms with Crippen LogP contribution < -0.4 is 108 Å². The molecule has 0 bridgehead atoms. The van der Waals surface area contributed by atoms with Crippen molar-refractivity contribution in [2.24, 2.45) is 66.6 Å². The van der Waals surface area contributed by atoms with Crippen LogP contribution in [-0.2, 0) is 24.0 Å². The maximum atomic E-state index is 14.3. The number of rotatable bonds is 33. The van der Waals surface area contributed by atoms with Crippen LogP contribution in [0.3, 0.4) is 0 Å². The first-order valence-electron chi connectivity index (χ1n) is 26.3. The third kappa shape index (κ3) is 21.1. The zero-order chi connectivity index (χ0) is 63.6. The predicted octanol–water partition coefficient (Wildman–Crippen LogP) is -1.67. The Labute approximate surface area is 493 Å². The fourth-order valence-corrected chi connectivity index (χ4v) is 8.13. The molecule has 0 heterocycles. The van der Waals surface area contributed by atoms with Crippen LogP contribution in [0, 0.1) is 0 Å². The van der Waals surface area contributed by atoms with Gasteiger partial charge in [0.2, 0.25) is 29.5 Å². The van der Waals surface area contributed by atoms with E-state index >= 15 is 0 Å². The predicted molar refractivity (Wildman–Crippen MR) is 320 cm³/mol. The van der Waals surface area contributed by atoms with Crippen LogP contribution in [0.2, 0.25) is 0 Å². The van der Waals surface area contributed by atoms with Crippen molar-refractivity contribution >= 4 is 93.8 Å². The van der Waals surface area contributed by atoms with Crippen molar-refractivity contribution in [1.82, 2.24) is 16.0 Å². The summed E-state index contributed by atoms with van der Waals surface area (Å²) < 4.78 is 21.6. The Bertz CT molecular complexity index is 3220. The largest absolute Gasteiger partial charge is 0.496 e. The van der Waals surface area contributed by atoms with Gasteiger partial charge in [-0.1, -0.05) is 0 Å². The van der Waals surface area contributed by atoms with Gasteiger partial charge in [-0.05, 0) is 111 Å². The summed E-state index contributed by atoms with van der Waals surface area (Å²) in [5.41, 5.74) is 49.5. The number of ether oxygens (including phenoxy) is 4. The molecule has 4 atom stereocenters. The number of hydrogen-bond acceptors (Lipinski definition) is 17. The van der Waals surface area contributed by atoms with E-state index in [1.807, 2.05) is 0 Å². The first-order chi connectivity index (χ1) is 40.9. The second kappa shape index (κ2) is 33.3. The smallest absolute Gasteiger partial charge is 0.255 e. The number of primary amides is 2. The minimum atomic E-state index is -1.33. The number of carbonyl (C=O) groups excluding carboxylic acids is 9. The van der Waals surface area contributed by atoms with Gasteiger partial charge in [-0.15, -0.1) is 0 Å². The zero-order valence-corrected chi connectivity index (χ0v) is 47.7. The van der Waals surface area contributed by atoms with Crippen LogP contribution in [0.15, 0.2) is 87.8 Å². The molecule has 32 heteroatoms. The maximum Gasteiger partial charge on any atom is 0.255 e. The zero-order valence-electron chi connectivity index (χ0n) is 47.7. The topological polar surface area (TPSA) is 546 Å². The minimum Gasteiger partial charge on any atom is -0.496 e. The molecule has 25 N–H and O–H groups in total. The minimum absolute atomic E-state index is 0.0141. The van der Waals surface area contributed by atoms with Crippen molar-refractivity contribution in [3.05, 3.63) is 95.1 Å². The Morgan fingerprint density at radius 2 is 0.674 bits per heavy atom. The molecular weight excluding hydrogens is 1120 g/mol. The molecule has 0 aromatic heterocycles. The van der Waals surface area contributed by atoms with E-state index in [-0.39, 0.29) is 144 Å². The molecule has 0 radical (unpaired) electrons.